The minimum Gasteiger partial charge on any atom is -0.504 e. The number of aromatic hydroxyl groups is 1. The van der Waals surface area contributed by atoms with E-state index in [0.717, 1.165) is 0 Å². The Balaban J connectivity index is 2.00. The molecule has 8 heteroatoms. The summed E-state index contributed by atoms with van der Waals surface area (Å²) in [5, 5.41) is 12.5. The number of amides is 1. The van der Waals surface area contributed by atoms with Gasteiger partial charge in [-0.2, -0.15) is 0 Å². The lowest BCUT2D eigenvalue weighted by atomic mass is 10.2. The fourth-order valence-corrected chi connectivity index (χ4v) is 2.14. The minimum atomic E-state index is -0.847. The molecule has 0 bridgehead atoms. The van der Waals surface area contributed by atoms with E-state index in [4.69, 9.17) is 18.9 Å². The molecule has 0 saturated heterocycles. The van der Waals surface area contributed by atoms with Gasteiger partial charge in [0.1, 0.15) is 17.1 Å². The van der Waals surface area contributed by atoms with Gasteiger partial charge in [-0.1, -0.05) is 6.07 Å². The first-order valence-corrected chi connectivity index (χ1v) is 7.54. The molecule has 0 saturated carbocycles. The zero-order valence-electron chi connectivity index (χ0n) is 14.6. The number of rotatable bonds is 7. The Kier molecular flexibility index (Phi) is 6.26. The second-order valence-electron chi connectivity index (χ2n) is 5.08. The summed E-state index contributed by atoms with van der Waals surface area (Å²) in [5.74, 6) is -0.628. The van der Waals surface area contributed by atoms with E-state index in [1.807, 2.05) is 0 Å². The molecular weight excluding hydrogens is 342 g/mol. The molecular formula is C18H19NO7. The predicted octanol–water partition coefficient (Wildman–Crippen LogP) is 2.21. The summed E-state index contributed by atoms with van der Waals surface area (Å²) in [7, 11) is 4.34. The first-order valence-electron chi connectivity index (χ1n) is 7.54. The Labute approximate surface area is 150 Å². The summed E-state index contributed by atoms with van der Waals surface area (Å²) < 4.78 is 20.1. The molecule has 0 fully saturated rings. The van der Waals surface area contributed by atoms with Gasteiger partial charge in [-0.3, -0.25) is 4.79 Å². The molecule has 0 aliphatic rings. The van der Waals surface area contributed by atoms with Crippen LogP contribution >= 0.6 is 0 Å². The number of anilines is 1. The van der Waals surface area contributed by atoms with E-state index < -0.39 is 18.5 Å². The third kappa shape index (κ3) is 4.56. The van der Waals surface area contributed by atoms with Gasteiger partial charge in [0.15, 0.2) is 18.1 Å². The first-order chi connectivity index (χ1) is 12.5. The number of phenolic OH excluding ortho intramolecular Hbond substituents is 1. The van der Waals surface area contributed by atoms with E-state index in [1.165, 1.54) is 39.5 Å². The number of phenols is 1. The molecule has 8 nitrogen and oxygen atoms in total. The maximum Gasteiger partial charge on any atom is 0.342 e. The van der Waals surface area contributed by atoms with Gasteiger partial charge in [0.05, 0.1) is 21.3 Å². The lowest BCUT2D eigenvalue weighted by molar-refractivity contribution is -0.119. The van der Waals surface area contributed by atoms with Crippen molar-refractivity contribution in [2.24, 2.45) is 0 Å². The van der Waals surface area contributed by atoms with Crippen molar-refractivity contribution in [2.45, 2.75) is 0 Å². The Morgan fingerprint density at radius 2 is 1.65 bits per heavy atom. The van der Waals surface area contributed by atoms with Crippen LogP contribution in [0.5, 0.6) is 23.0 Å². The van der Waals surface area contributed by atoms with Gasteiger partial charge in [-0.05, 0) is 12.1 Å². The van der Waals surface area contributed by atoms with Crippen LogP contribution in [-0.4, -0.2) is 44.9 Å². The lowest BCUT2D eigenvalue weighted by Crippen LogP contribution is -2.21. The molecule has 0 heterocycles. The third-order valence-electron chi connectivity index (χ3n) is 3.41. The summed E-state index contributed by atoms with van der Waals surface area (Å²) in [6, 6.07) is 9.23. The van der Waals surface area contributed by atoms with Crippen molar-refractivity contribution in [3.63, 3.8) is 0 Å². The monoisotopic (exact) mass is 361 g/mol. The summed E-state index contributed by atoms with van der Waals surface area (Å²) in [5.41, 5.74) is 0.326. The van der Waals surface area contributed by atoms with E-state index in [1.54, 1.807) is 18.2 Å². The second-order valence-corrected chi connectivity index (χ2v) is 5.08. The average Bonchev–Trinajstić information content (AvgIpc) is 2.65. The summed E-state index contributed by atoms with van der Waals surface area (Å²) >= 11 is 0. The fraction of sp³-hybridized carbons (Fsp3) is 0.222. The van der Waals surface area contributed by atoms with Crippen LogP contribution in [0, 0.1) is 0 Å². The van der Waals surface area contributed by atoms with Crippen LogP contribution in [0.15, 0.2) is 36.4 Å². The molecule has 2 rings (SSSR count). The molecule has 0 unspecified atom stereocenters. The fourth-order valence-electron chi connectivity index (χ4n) is 2.14. The number of benzene rings is 2. The quantitative estimate of drug-likeness (QED) is 0.729. The second kappa shape index (κ2) is 8.61. The van der Waals surface area contributed by atoms with E-state index in [0.29, 0.717) is 17.2 Å². The molecule has 2 aromatic carbocycles. The van der Waals surface area contributed by atoms with Crippen molar-refractivity contribution >= 4 is 17.6 Å². The van der Waals surface area contributed by atoms with Crippen LogP contribution in [0.2, 0.25) is 0 Å². The molecule has 0 atom stereocenters. The van der Waals surface area contributed by atoms with Gasteiger partial charge < -0.3 is 29.4 Å². The number of esters is 1. The topological polar surface area (TPSA) is 103 Å². The van der Waals surface area contributed by atoms with E-state index in [-0.39, 0.29) is 17.1 Å². The zero-order valence-corrected chi connectivity index (χ0v) is 14.6. The number of methoxy groups -OCH3 is 3. The smallest absolute Gasteiger partial charge is 0.342 e. The Morgan fingerprint density at radius 3 is 2.23 bits per heavy atom. The first kappa shape index (κ1) is 18.9. The molecule has 1 amide bonds. The Bertz CT molecular complexity index is 782. The van der Waals surface area contributed by atoms with Crippen molar-refractivity contribution in [2.75, 3.05) is 33.3 Å². The molecule has 26 heavy (non-hydrogen) atoms. The predicted molar refractivity (Wildman–Crippen MR) is 93.1 cm³/mol. The third-order valence-corrected chi connectivity index (χ3v) is 3.41. The maximum absolute atomic E-state index is 12.0. The number of ether oxygens (including phenoxy) is 4. The van der Waals surface area contributed by atoms with E-state index in [9.17, 15) is 14.7 Å². The van der Waals surface area contributed by atoms with Crippen LogP contribution in [0.4, 0.5) is 5.69 Å². The van der Waals surface area contributed by atoms with Crippen molar-refractivity contribution in [1.82, 2.24) is 0 Å². The lowest BCUT2D eigenvalue weighted by Gasteiger charge is -2.11. The van der Waals surface area contributed by atoms with Crippen LogP contribution in [0.25, 0.3) is 0 Å². The molecule has 0 aromatic heterocycles. The van der Waals surface area contributed by atoms with E-state index in [2.05, 4.69) is 5.32 Å². The van der Waals surface area contributed by atoms with Crippen LogP contribution in [0.1, 0.15) is 10.4 Å². The molecule has 0 radical (unpaired) electrons. The molecule has 0 aliphatic carbocycles. The van der Waals surface area contributed by atoms with Crippen LogP contribution in [-0.2, 0) is 9.53 Å². The number of nitrogens with one attached hydrogen (secondary N) is 1. The molecule has 138 valence electrons. The number of carbonyl (C=O) groups excluding carboxylic acids is 2. The van der Waals surface area contributed by atoms with Gasteiger partial charge in [0.2, 0.25) is 0 Å². The van der Waals surface area contributed by atoms with Gasteiger partial charge in [0, 0.05) is 23.9 Å². The van der Waals surface area contributed by atoms with Crippen LogP contribution in [0.3, 0.4) is 0 Å². The summed E-state index contributed by atoms with van der Waals surface area (Å²) in [6.07, 6.45) is 0. The number of hydrogen-bond donors (Lipinski definition) is 2. The largest absolute Gasteiger partial charge is 0.504 e. The van der Waals surface area contributed by atoms with Crippen LogP contribution < -0.4 is 19.5 Å². The van der Waals surface area contributed by atoms with Gasteiger partial charge in [0.25, 0.3) is 5.91 Å². The summed E-state index contributed by atoms with van der Waals surface area (Å²) in [4.78, 5) is 24.0. The van der Waals surface area contributed by atoms with Crippen molar-refractivity contribution in [3.05, 3.63) is 42.0 Å². The zero-order chi connectivity index (χ0) is 19.1. The number of carbonyl (C=O) groups is 2. The highest BCUT2D eigenvalue weighted by atomic mass is 16.5. The molecule has 0 spiro atoms. The molecule has 2 N–H and O–H groups in total. The van der Waals surface area contributed by atoms with Gasteiger partial charge in [-0.25, -0.2) is 4.79 Å². The highest BCUT2D eigenvalue weighted by molar-refractivity contribution is 5.97. The number of para-hydroxylation sites is 1. The highest BCUT2D eigenvalue weighted by Crippen LogP contribution is 2.30. The minimum absolute atomic E-state index is 0.0970. The average molecular weight is 361 g/mol. The van der Waals surface area contributed by atoms with Crippen molar-refractivity contribution in [1.29, 1.82) is 0 Å². The summed E-state index contributed by atoms with van der Waals surface area (Å²) in [6.45, 7) is -0.533. The van der Waals surface area contributed by atoms with Crippen molar-refractivity contribution < 1.29 is 33.6 Å². The Hall–Kier alpha value is -3.42. The normalized spacial score (nSPS) is 9.96. The van der Waals surface area contributed by atoms with Gasteiger partial charge >= 0.3 is 5.97 Å². The standard InChI is InChI=1S/C18H19NO7/c1-23-12-7-11(8-13(9-12)24-2)19-16(20)10-26-18(22)14-5-4-6-15(25-3)17(14)21/h4-9,21H,10H2,1-3H3,(H,19,20). The van der Waals surface area contributed by atoms with Gasteiger partial charge in [-0.15, -0.1) is 0 Å². The Morgan fingerprint density at radius 1 is 1.00 bits per heavy atom. The number of hydrogen-bond acceptors (Lipinski definition) is 7. The maximum atomic E-state index is 12.0. The SMILES string of the molecule is COc1cc(NC(=O)COC(=O)c2cccc(OC)c2O)cc(OC)c1. The molecule has 0 aliphatic heterocycles. The van der Waals surface area contributed by atoms with Crippen molar-refractivity contribution in [3.8, 4) is 23.0 Å². The molecule has 2 aromatic rings. The highest BCUT2D eigenvalue weighted by Gasteiger charge is 2.17. The van der Waals surface area contributed by atoms with E-state index >= 15 is 0 Å².